The number of carbonyl (C=O) groups excluding carboxylic acids is 1. The van der Waals surface area contributed by atoms with E-state index in [9.17, 15) is 4.79 Å². The van der Waals surface area contributed by atoms with E-state index in [1.165, 1.54) is 32.1 Å². The van der Waals surface area contributed by atoms with Crippen LogP contribution in [0, 0.1) is 0 Å². The minimum Gasteiger partial charge on any atom is -0.333 e. The lowest BCUT2D eigenvalue weighted by atomic mass is 10.0. The Bertz CT molecular complexity index is 383. The van der Waals surface area contributed by atoms with Crippen molar-refractivity contribution in [1.29, 1.82) is 0 Å². The normalized spacial score (nSPS) is 25.1. The third kappa shape index (κ3) is 8.63. The van der Waals surface area contributed by atoms with Crippen molar-refractivity contribution < 1.29 is 19.3 Å². The van der Waals surface area contributed by atoms with Crippen LogP contribution in [0.3, 0.4) is 0 Å². The topological polar surface area (TPSA) is 44.8 Å². The van der Waals surface area contributed by atoms with Gasteiger partial charge in [-0.3, -0.25) is 4.79 Å². The van der Waals surface area contributed by atoms with Gasteiger partial charge in [0, 0.05) is 0 Å². The van der Waals surface area contributed by atoms with Gasteiger partial charge in [0.1, 0.15) is 6.10 Å². The predicted octanol–water partition coefficient (Wildman–Crippen LogP) is 5.11. The van der Waals surface area contributed by atoms with Gasteiger partial charge in [0.15, 0.2) is 5.78 Å². The van der Waals surface area contributed by atoms with Crippen LogP contribution >= 0.6 is 0 Å². The van der Waals surface area contributed by atoms with Gasteiger partial charge in [-0.15, -0.1) is 0 Å². The third-order valence-electron chi connectivity index (χ3n) is 3.77. The fourth-order valence-electron chi connectivity index (χ4n) is 2.46. The van der Waals surface area contributed by atoms with E-state index in [0.717, 1.165) is 19.3 Å². The zero-order valence-electron chi connectivity index (χ0n) is 15.5. The molecule has 0 fully saturated rings. The van der Waals surface area contributed by atoms with Gasteiger partial charge >= 0.3 is 0 Å². The zero-order valence-corrected chi connectivity index (χ0v) is 15.5. The van der Waals surface area contributed by atoms with E-state index in [2.05, 4.69) is 6.92 Å². The van der Waals surface area contributed by atoms with Gasteiger partial charge in [0.2, 0.25) is 5.79 Å². The monoisotopic (exact) mass is 326 g/mol. The summed E-state index contributed by atoms with van der Waals surface area (Å²) >= 11 is 0. The quantitative estimate of drug-likeness (QED) is 0.318. The molecule has 2 atom stereocenters. The lowest BCUT2D eigenvalue weighted by Gasteiger charge is -2.34. The van der Waals surface area contributed by atoms with E-state index < -0.39 is 17.5 Å². The molecule has 4 nitrogen and oxygen atoms in total. The summed E-state index contributed by atoms with van der Waals surface area (Å²) in [5, 5.41) is 0. The Hall–Kier alpha value is -0.710. The van der Waals surface area contributed by atoms with Crippen molar-refractivity contribution in [3.05, 3.63) is 12.2 Å². The molecular weight excluding hydrogens is 292 g/mol. The van der Waals surface area contributed by atoms with Crippen LogP contribution < -0.4 is 0 Å². The Morgan fingerprint density at radius 3 is 2.35 bits per heavy atom. The van der Waals surface area contributed by atoms with E-state index in [1.807, 2.05) is 20.8 Å². The van der Waals surface area contributed by atoms with E-state index in [4.69, 9.17) is 14.5 Å². The Kier molecular flexibility index (Phi) is 8.45. The maximum Gasteiger partial charge on any atom is 0.219 e. The highest BCUT2D eigenvalue weighted by Gasteiger charge is 2.36. The molecule has 4 heteroatoms. The summed E-state index contributed by atoms with van der Waals surface area (Å²) < 4.78 is 5.84. The number of ether oxygens (including phenoxy) is 1. The van der Waals surface area contributed by atoms with E-state index in [-0.39, 0.29) is 5.78 Å². The molecule has 0 aromatic rings. The first-order valence-corrected chi connectivity index (χ1v) is 9.03. The number of rotatable bonds is 10. The average Bonchev–Trinajstić information content (AvgIpc) is 2.47. The zero-order chi connectivity index (χ0) is 17.3. The second kappa shape index (κ2) is 9.55. The summed E-state index contributed by atoms with van der Waals surface area (Å²) in [5.74, 6) is -0.972. The van der Waals surface area contributed by atoms with Crippen molar-refractivity contribution >= 4 is 5.78 Å². The van der Waals surface area contributed by atoms with Crippen LogP contribution in [-0.4, -0.2) is 23.3 Å². The highest BCUT2D eigenvalue weighted by molar-refractivity contribution is 5.94. The minimum absolute atomic E-state index is 0.0211. The molecule has 0 radical (unpaired) electrons. The molecule has 0 aromatic carbocycles. The largest absolute Gasteiger partial charge is 0.333 e. The molecule has 0 saturated heterocycles. The maximum absolute atomic E-state index is 12.0. The third-order valence-corrected chi connectivity index (χ3v) is 3.77. The summed E-state index contributed by atoms with van der Waals surface area (Å²) in [7, 11) is 0. The molecule has 0 bridgehead atoms. The van der Waals surface area contributed by atoms with Crippen LogP contribution in [0.5, 0.6) is 0 Å². The Morgan fingerprint density at radius 1 is 1.13 bits per heavy atom. The smallest absolute Gasteiger partial charge is 0.219 e. The maximum atomic E-state index is 12.0. The first kappa shape index (κ1) is 20.3. The van der Waals surface area contributed by atoms with Crippen molar-refractivity contribution in [2.45, 2.75) is 103 Å². The second-order valence-electron chi connectivity index (χ2n) is 7.55. The molecule has 2 unspecified atom stereocenters. The molecule has 1 aliphatic heterocycles. The molecule has 0 aliphatic carbocycles. The molecule has 0 N–H and O–H groups in total. The number of hydrogen-bond acceptors (Lipinski definition) is 4. The van der Waals surface area contributed by atoms with Gasteiger partial charge in [0.25, 0.3) is 0 Å². The molecule has 23 heavy (non-hydrogen) atoms. The van der Waals surface area contributed by atoms with E-state index in [1.54, 1.807) is 19.1 Å². The Balaban J connectivity index is 2.33. The lowest BCUT2D eigenvalue weighted by molar-refractivity contribution is -0.444. The minimum atomic E-state index is -0.993. The summed E-state index contributed by atoms with van der Waals surface area (Å²) in [6.45, 7) is 9.72. The molecule has 1 heterocycles. The van der Waals surface area contributed by atoms with Gasteiger partial charge in [-0.25, -0.2) is 4.89 Å². The van der Waals surface area contributed by atoms with E-state index >= 15 is 0 Å². The van der Waals surface area contributed by atoms with Crippen molar-refractivity contribution in [2.24, 2.45) is 0 Å². The first-order valence-electron chi connectivity index (χ1n) is 9.03. The lowest BCUT2D eigenvalue weighted by Crippen LogP contribution is -2.43. The highest BCUT2D eigenvalue weighted by atomic mass is 17.2. The summed E-state index contributed by atoms with van der Waals surface area (Å²) in [6.07, 6.45) is 12.1. The first-order chi connectivity index (χ1) is 10.8. The second-order valence-corrected chi connectivity index (χ2v) is 7.55. The molecule has 134 valence electrons. The van der Waals surface area contributed by atoms with Crippen LogP contribution in [0.25, 0.3) is 0 Å². The standard InChI is InChI=1S/C19H34O4/c1-6-7-8-9-10-11-12-13-17-16(20)14-15-19(5,21-17)23-22-18(2,3)4/h14-15,17H,6-13H2,1-5H3. The Labute approximate surface area is 141 Å². The molecule has 0 aromatic heterocycles. The molecule has 0 spiro atoms. The SMILES string of the molecule is CCCCCCCCCC1OC(C)(OOC(C)(C)C)C=CC1=O. The van der Waals surface area contributed by atoms with Crippen LogP contribution in [0.1, 0.15) is 86.0 Å². The van der Waals surface area contributed by atoms with Gasteiger partial charge in [0.05, 0.1) is 5.60 Å². The van der Waals surface area contributed by atoms with Crippen molar-refractivity contribution in [2.75, 3.05) is 0 Å². The van der Waals surface area contributed by atoms with Crippen molar-refractivity contribution in [3.8, 4) is 0 Å². The molecule has 1 rings (SSSR count). The molecule has 0 saturated carbocycles. The predicted molar refractivity (Wildman–Crippen MR) is 92.0 cm³/mol. The van der Waals surface area contributed by atoms with Crippen LogP contribution in [0.2, 0.25) is 0 Å². The Morgan fingerprint density at radius 2 is 1.74 bits per heavy atom. The summed E-state index contributed by atoms with van der Waals surface area (Å²) in [4.78, 5) is 22.8. The highest BCUT2D eigenvalue weighted by Crippen LogP contribution is 2.27. The molecule has 1 aliphatic rings. The van der Waals surface area contributed by atoms with Gasteiger partial charge in [-0.1, -0.05) is 51.9 Å². The van der Waals surface area contributed by atoms with Crippen LogP contribution in [0.15, 0.2) is 12.2 Å². The van der Waals surface area contributed by atoms with Gasteiger partial charge in [-0.05, 0) is 46.3 Å². The summed E-state index contributed by atoms with van der Waals surface area (Å²) in [5.41, 5.74) is -0.421. The van der Waals surface area contributed by atoms with Crippen LogP contribution in [0.4, 0.5) is 0 Å². The van der Waals surface area contributed by atoms with Gasteiger partial charge < -0.3 is 4.74 Å². The van der Waals surface area contributed by atoms with Crippen molar-refractivity contribution in [1.82, 2.24) is 0 Å². The van der Waals surface area contributed by atoms with Gasteiger partial charge in [-0.2, -0.15) is 4.89 Å². The number of carbonyl (C=O) groups is 1. The number of hydrogen-bond donors (Lipinski definition) is 0. The molecule has 0 amide bonds. The number of ketones is 1. The fourth-order valence-corrected chi connectivity index (χ4v) is 2.46. The molecular formula is C19H34O4. The van der Waals surface area contributed by atoms with E-state index in [0.29, 0.717) is 0 Å². The number of unbranched alkanes of at least 4 members (excludes halogenated alkanes) is 6. The fraction of sp³-hybridized carbons (Fsp3) is 0.842. The summed E-state index contributed by atoms with van der Waals surface area (Å²) in [6, 6.07) is 0. The van der Waals surface area contributed by atoms with Crippen molar-refractivity contribution in [3.63, 3.8) is 0 Å². The van der Waals surface area contributed by atoms with Crippen LogP contribution in [-0.2, 0) is 19.3 Å². The average molecular weight is 326 g/mol.